The standard InChI is InChI=1S/C36H53N3O2S/c1-6-7-8-9-10-11-12-13-14-15-16-17-24-41-34-25-31(36(3,4)5)20-23-33(34)38-35(40)37-32-21-18-30(19-22-32)26-39-28-42-27-29(39)2/h18-23,25,27-28H,6-17,24,26H2,1-5H3,(H-,37,38,40)/p+1. The summed E-state index contributed by atoms with van der Waals surface area (Å²) in [6, 6.07) is 13.9. The second kappa shape index (κ2) is 17.9. The van der Waals surface area contributed by atoms with Gasteiger partial charge in [0.1, 0.15) is 5.75 Å². The van der Waals surface area contributed by atoms with E-state index in [2.05, 4.69) is 85.0 Å². The highest BCUT2D eigenvalue weighted by atomic mass is 32.1. The fourth-order valence-electron chi connectivity index (χ4n) is 5.03. The average molecular weight is 593 g/mol. The zero-order valence-electron chi connectivity index (χ0n) is 26.8. The molecule has 0 atom stereocenters. The van der Waals surface area contributed by atoms with Crippen LogP contribution >= 0.6 is 11.3 Å². The molecule has 1 heterocycles. The number of aromatic nitrogens is 1. The summed E-state index contributed by atoms with van der Waals surface area (Å²) in [4.78, 5) is 12.9. The van der Waals surface area contributed by atoms with E-state index in [9.17, 15) is 4.79 Å². The first kappa shape index (κ1) is 33.6. The number of urea groups is 1. The van der Waals surface area contributed by atoms with E-state index in [1.807, 2.05) is 18.2 Å². The first-order valence-electron chi connectivity index (χ1n) is 16.1. The smallest absolute Gasteiger partial charge is 0.323 e. The number of hydrogen-bond donors (Lipinski definition) is 2. The Morgan fingerprint density at radius 3 is 2.02 bits per heavy atom. The molecule has 5 nitrogen and oxygen atoms in total. The maximum atomic E-state index is 12.9. The predicted molar refractivity (Wildman–Crippen MR) is 179 cm³/mol. The molecule has 42 heavy (non-hydrogen) atoms. The highest BCUT2D eigenvalue weighted by molar-refractivity contribution is 7.07. The minimum absolute atomic E-state index is 0.00348. The Morgan fingerprint density at radius 1 is 0.833 bits per heavy atom. The largest absolute Gasteiger partial charge is 0.491 e. The lowest BCUT2D eigenvalue weighted by atomic mass is 9.87. The Labute approximate surface area is 259 Å². The van der Waals surface area contributed by atoms with E-state index in [1.54, 1.807) is 11.3 Å². The van der Waals surface area contributed by atoms with Gasteiger partial charge < -0.3 is 15.4 Å². The van der Waals surface area contributed by atoms with E-state index in [-0.39, 0.29) is 11.4 Å². The Kier molecular flexibility index (Phi) is 14.4. The normalized spacial score (nSPS) is 11.5. The number of thiazole rings is 1. The van der Waals surface area contributed by atoms with Gasteiger partial charge in [0.15, 0.2) is 12.2 Å². The Hall–Kier alpha value is -2.86. The predicted octanol–water partition coefficient (Wildman–Crippen LogP) is 10.4. The van der Waals surface area contributed by atoms with Gasteiger partial charge >= 0.3 is 6.03 Å². The van der Waals surface area contributed by atoms with Crippen molar-refractivity contribution in [2.24, 2.45) is 0 Å². The van der Waals surface area contributed by atoms with Gasteiger partial charge in [-0.2, -0.15) is 4.57 Å². The van der Waals surface area contributed by atoms with E-state index < -0.39 is 0 Å². The van der Waals surface area contributed by atoms with Crippen molar-refractivity contribution in [1.82, 2.24) is 0 Å². The lowest BCUT2D eigenvalue weighted by Crippen LogP contribution is -2.34. The van der Waals surface area contributed by atoms with Gasteiger partial charge in [0.05, 0.1) is 17.7 Å². The number of aryl methyl sites for hydroxylation is 1. The molecule has 0 aliphatic heterocycles. The summed E-state index contributed by atoms with van der Waals surface area (Å²) >= 11 is 1.70. The summed E-state index contributed by atoms with van der Waals surface area (Å²) in [5.41, 5.74) is 7.20. The number of nitrogens with one attached hydrogen (secondary N) is 2. The van der Waals surface area contributed by atoms with Gasteiger partial charge in [-0.1, -0.05) is 128 Å². The second-order valence-electron chi connectivity index (χ2n) is 12.6. The SMILES string of the molecule is CCCCCCCCCCCCCCOc1cc(C(C)(C)C)ccc1NC(=O)Nc1ccc(C[n+]2cscc2C)cc1. The lowest BCUT2D eigenvalue weighted by Gasteiger charge is -2.22. The van der Waals surface area contributed by atoms with Crippen LogP contribution in [0, 0.1) is 6.92 Å². The summed E-state index contributed by atoms with van der Waals surface area (Å²) in [5, 5.41) is 8.13. The van der Waals surface area contributed by atoms with Crippen molar-refractivity contribution < 1.29 is 14.1 Å². The van der Waals surface area contributed by atoms with Crippen molar-refractivity contribution in [3.05, 3.63) is 70.2 Å². The topological polar surface area (TPSA) is 54.2 Å². The van der Waals surface area contributed by atoms with Crippen LogP contribution in [0.15, 0.2) is 53.4 Å². The van der Waals surface area contributed by atoms with Crippen molar-refractivity contribution >= 4 is 28.7 Å². The molecule has 2 aromatic carbocycles. The fourth-order valence-corrected chi connectivity index (χ4v) is 5.81. The number of nitrogens with zero attached hydrogens (tertiary/aromatic N) is 1. The summed E-state index contributed by atoms with van der Waals surface area (Å²) in [7, 11) is 0. The van der Waals surface area contributed by atoms with Crippen LogP contribution in [-0.4, -0.2) is 12.6 Å². The molecule has 0 saturated heterocycles. The van der Waals surface area contributed by atoms with Gasteiger partial charge in [0, 0.05) is 18.2 Å². The Bertz CT molecular complexity index is 1200. The third-order valence-corrected chi connectivity index (χ3v) is 8.65. The average Bonchev–Trinajstić information content (AvgIpc) is 3.36. The number of carbonyl (C=O) groups excluding carboxylic acids is 1. The molecule has 0 bridgehead atoms. The molecular weight excluding hydrogens is 538 g/mol. The summed E-state index contributed by atoms with van der Waals surface area (Å²) in [6.45, 7) is 12.4. The number of unbranched alkanes of at least 4 members (excludes halogenated alkanes) is 11. The van der Waals surface area contributed by atoms with Gasteiger partial charge in [-0.3, -0.25) is 0 Å². The number of benzene rings is 2. The maximum Gasteiger partial charge on any atom is 0.323 e. The molecule has 2 amide bonds. The monoisotopic (exact) mass is 592 g/mol. The van der Waals surface area contributed by atoms with E-state index in [1.165, 1.54) is 87.4 Å². The summed E-state index contributed by atoms with van der Waals surface area (Å²) in [5.74, 6) is 0.735. The minimum atomic E-state index is -0.274. The van der Waals surface area contributed by atoms with Gasteiger partial charge in [-0.25, -0.2) is 4.79 Å². The molecule has 0 aliphatic rings. The van der Waals surface area contributed by atoms with E-state index in [0.717, 1.165) is 24.4 Å². The Balaban J connectivity index is 1.44. The van der Waals surface area contributed by atoms with Crippen LogP contribution in [0.2, 0.25) is 0 Å². The third-order valence-electron chi connectivity index (χ3n) is 7.80. The molecule has 0 fully saturated rings. The van der Waals surface area contributed by atoms with Gasteiger partial charge in [-0.05, 0) is 41.7 Å². The zero-order chi connectivity index (χ0) is 30.2. The van der Waals surface area contributed by atoms with Crippen molar-refractivity contribution in [1.29, 1.82) is 0 Å². The minimum Gasteiger partial charge on any atom is -0.491 e. The number of rotatable bonds is 18. The van der Waals surface area contributed by atoms with Crippen molar-refractivity contribution in [3.63, 3.8) is 0 Å². The molecule has 0 aliphatic carbocycles. The number of carbonyl (C=O) groups is 1. The van der Waals surface area contributed by atoms with Crippen molar-refractivity contribution in [2.45, 2.75) is 124 Å². The molecule has 6 heteroatoms. The molecule has 3 aromatic rings. The number of amides is 2. The van der Waals surface area contributed by atoms with E-state index in [4.69, 9.17) is 4.74 Å². The quantitative estimate of drug-likeness (QED) is 0.114. The molecule has 2 N–H and O–H groups in total. The van der Waals surface area contributed by atoms with Crippen LogP contribution in [0.1, 0.15) is 122 Å². The number of ether oxygens (including phenoxy) is 1. The number of anilines is 2. The van der Waals surface area contributed by atoms with E-state index in [0.29, 0.717) is 12.3 Å². The molecule has 0 unspecified atom stereocenters. The maximum absolute atomic E-state index is 12.9. The van der Waals surface area contributed by atoms with Crippen molar-refractivity contribution in [3.8, 4) is 5.75 Å². The van der Waals surface area contributed by atoms with Crippen LogP contribution in [0.4, 0.5) is 16.2 Å². The highest BCUT2D eigenvalue weighted by Gasteiger charge is 2.17. The lowest BCUT2D eigenvalue weighted by molar-refractivity contribution is -0.689. The summed E-state index contributed by atoms with van der Waals surface area (Å²) in [6.07, 6.45) is 15.8. The van der Waals surface area contributed by atoms with Gasteiger partial charge in [0.2, 0.25) is 5.51 Å². The molecular formula is C36H54N3O2S+. The molecule has 230 valence electrons. The molecule has 0 spiro atoms. The molecule has 3 rings (SSSR count). The van der Waals surface area contributed by atoms with Crippen LogP contribution < -0.4 is 19.9 Å². The first-order valence-corrected chi connectivity index (χ1v) is 17.1. The Morgan fingerprint density at radius 2 is 1.45 bits per heavy atom. The third kappa shape index (κ3) is 12.2. The molecule has 1 aromatic heterocycles. The van der Waals surface area contributed by atoms with Crippen LogP contribution in [0.5, 0.6) is 5.75 Å². The van der Waals surface area contributed by atoms with Crippen molar-refractivity contribution in [2.75, 3.05) is 17.2 Å². The van der Waals surface area contributed by atoms with Crippen LogP contribution in [0.25, 0.3) is 0 Å². The fraction of sp³-hybridized carbons (Fsp3) is 0.556. The summed E-state index contributed by atoms with van der Waals surface area (Å²) < 4.78 is 8.47. The van der Waals surface area contributed by atoms with Crippen LogP contribution in [-0.2, 0) is 12.0 Å². The van der Waals surface area contributed by atoms with Crippen LogP contribution in [0.3, 0.4) is 0 Å². The van der Waals surface area contributed by atoms with Gasteiger partial charge in [0.25, 0.3) is 0 Å². The highest BCUT2D eigenvalue weighted by Crippen LogP contribution is 2.32. The zero-order valence-corrected chi connectivity index (χ0v) is 27.6. The van der Waals surface area contributed by atoms with E-state index >= 15 is 0 Å². The number of hydrogen-bond acceptors (Lipinski definition) is 3. The molecule has 0 radical (unpaired) electrons. The first-order chi connectivity index (χ1) is 20.3. The second-order valence-corrected chi connectivity index (χ2v) is 13.3. The molecule has 0 saturated carbocycles. The van der Waals surface area contributed by atoms with Gasteiger partial charge in [-0.15, -0.1) is 0 Å².